The topological polar surface area (TPSA) is 59.2 Å². The molecule has 0 aliphatic heterocycles. The van der Waals surface area contributed by atoms with E-state index in [1.165, 1.54) is 4.90 Å². The van der Waals surface area contributed by atoms with Crippen molar-refractivity contribution >= 4 is 33.4 Å². The summed E-state index contributed by atoms with van der Waals surface area (Å²) in [7, 11) is 1.67. The largest absolute Gasteiger partial charge is 0.361 e. The van der Waals surface area contributed by atoms with Gasteiger partial charge in [0.05, 0.1) is 12.1 Å². The summed E-state index contributed by atoms with van der Waals surface area (Å²) in [6.07, 6.45) is 1.54. The van der Waals surface area contributed by atoms with Crippen LogP contribution in [0.4, 0.5) is 0 Å². The fourth-order valence-electron chi connectivity index (χ4n) is 1.59. The van der Waals surface area contributed by atoms with Gasteiger partial charge in [0.1, 0.15) is 16.6 Å². The molecule has 0 fully saturated rings. The van der Waals surface area contributed by atoms with Gasteiger partial charge in [-0.05, 0) is 28.9 Å². The summed E-state index contributed by atoms with van der Waals surface area (Å²) < 4.78 is 5.66. The highest BCUT2D eigenvalue weighted by Crippen LogP contribution is 2.20. The zero-order valence-corrected chi connectivity index (χ0v) is 12.7. The summed E-state index contributed by atoms with van der Waals surface area (Å²) in [5.41, 5.74) is 1.03. The first-order valence-corrected chi connectivity index (χ1v) is 6.63. The number of amides is 1. The molecule has 19 heavy (non-hydrogen) atoms. The predicted octanol–water partition coefficient (Wildman–Crippen LogP) is 3.07. The zero-order valence-electron chi connectivity index (χ0n) is 10.4. The van der Waals surface area contributed by atoms with Crippen molar-refractivity contribution in [1.82, 2.24) is 15.0 Å². The molecule has 0 unspecified atom stereocenters. The lowest BCUT2D eigenvalue weighted by Crippen LogP contribution is -2.26. The number of carbonyl (C=O) groups is 1. The van der Waals surface area contributed by atoms with E-state index in [1.54, 1.807) is 32.3 Å². The summed E-state index contributed by atoms with van der Waals surface area (Å²) in [6.45, 7) is 2.15. The summed E-state index contributed by atoms with van der Waals surface area (Å²) in [5.74, 6) is 0.484. The second-order valence-corrected chi connectivity index (χ2v) is 5.36. The Morgan fingerprint density at radius 2 is 2.26 bits per heavy atom. The van der Waals surface area contributed by atoms with Crippen molar-refractivity contribution in [3.63, 3.8) is 0 Å². The van der Waals surface area contributed by atoms with Gasteiger partial charge in [0.15, 0.2) is 0 Å². The predicted molar refractivity (Wildman–Crippen MR) is 74.0 cm³/mol. The minimum Gasteiger partial charge on any atom is -0.361 e. The normalized spacial score (nSPS) is 10.5. The van der Waals surface area contributed by atoms with Crippen molar-refractivity contribution in [2.24, 2.45) is 0 Å². The van der Waals surface area contributed by atoms with Gasteiger partial charge in [0.2, 0.25) is 0 Å². The van der Waals surface area contributed by atoms with E-state index in [-0.39, 0.29) is 11.1 Å². The number of pyridine rings is 1. The molecule has 1 amide bonds. The number of rotatable bonds is 3. The first kappa shape index (κ1) is 14.0. The van der Waals surface area contributed by atoms with Crippen LogP contribution in [0.1, 0.15) is 21.8 Å². The number of aromatic nitrogens is 2. The highest BCUT2D eigenvalue weighted by atomic mass is 79.9. The number of nitrogens with zero attached hydrogens (tertiary/aromatic N) is 3. The van der Waals surface area contributed by atoms with E-state index in [1.807, 2.05) is 0 Å². The van der Waals surface area contributed by atoms with Gasteiger partial charge in [-0.3, -0.25) is 4.79 Å². The molecule has 100 valence electrons. The molecule has 2 rings (SSSR count). The van der Waals surface area contributed by atoms with Gasteiger partial charge >= 0.3 is 0 Å². The monoisotopic (exact) mass is 343 g/mol. The number of aryl methyl sites for hydroxylation is 1. The number of hydrogen-bond donors (Lipinski definition) is 0. The summed E-state index contributed by atoms with van der Waals surface area (Å²) in [4.78, 5) is 17.7. The van der Waals surface area contributed by atoms with E-state index in [0.717, 1.165) is 0 Å². The van der Waals surface area contributed by atoms with E-state index >= 15 is 0 Å². The van der Waals surface area contributed by atoms with Crippen molar-refractivity contribution < 1.29 is 9.32 Å². The van der Waals surface area contributed by atoms with E-state index < -0.39 is 0 Å². The number of halogens is 2. The molecule has 2 aromatic heterocycles. The van der Waals surface area contributed by atoms with Crippen LogP contribution in [0.25, 0.3) is 0 Å². The molecular formula is C12H11BrClN3O2. The molecule has 5 nitrogen and oxygen atoms in total. The minimum atomic E-state index is -0.223. The third-order valence-corrected chi connectivity index (χ3v) is 3.19. The Morgan fingerprint density at radius 1 is 1.53 bits per heavy atom. The minimum absolute atomic E-state index is 0.177. The lowest BCUT2D eigenvalue weighted by atomic mass is 10.2. The van der Waals surface area contributed by atoms with Crippen LogP contribution in [-0.2, 0) is 6.54 Å². The molecule has 0 saturated carbocycles. The Bertz CT molecular complexity index is 615. The molecule has 2 heterocycles. The lowest BCUT2D eigenvalue weighted by molar-refractivity contribution is 0.0782. The zero-order chi connectivity index (χ0) is 14.0. The van der Waals surface area contributed by atoms with Gasteiger partial charge in [-0.2, -0.15) is 0 Å². The Balaban J connectivity index is 2.16. The summed E-state index contributed by atoms with van der Waals surface area (Å²) in [6, 6.07) is 3.42. The quantitative estimate of drug-likeness (QED) is 0.803. The van der Waals surface area contributed by atoms with Crippen LogP contribution in [-0.4, -0.2) is 28.0 Å². The highest BCUT2D eigenvalue weighted by molar-refractivity contribution is 9.10. The second-order valence-electron chi connectivity index (χ2n) is 4.08. The maximum absolute atomic E-state index is 12.3. The molecule has 0 radical (unpaired) electrons. The maximum atomic E-state index is 12.3. The molecule has 0 bridgehead atoms. The van der Waals surface area contributed by atoms with Gasteiger partial charge in [-0.25, -0.2) is 4.98 Å². The smallest absolute Gasteiger partial charge is 0.257 e. The molecule has 0 saturated heterocycles. The van der Waals surface area contributed by atoms with E-state index in [9.17, 15) is 4.79 Å². The molecule has 0 atom stereocenters. The van der Waals surface area contributed by atoms with Gasteiger partial charge in [-0.1, -0.05) is 16.8 Å². The number of hydrogen-bond acceptors (Lipinski definition) is 4. The Hall–Kier alpha value is -1.40. The molecular weight excluding hydrogens is 334 g/mol. The third-order valence-electron chi connectivity index (χ3n) is 2.46. The third kappa shape index (κ3) is 3.33. The molecule has 0 spiro atoms. The first-order valence-electron chi connectivity index (χ1n) is 5.46. The van der Waals surface area contributed by atoms with Crippen LogP contribution in [0.5, 0.6) is 0 Å². The van der Waals surface area contributed by atoms with Crippen LogP contribution < -0.4 is 0 Å². The van der Waals surface area contributed by atoms with Gasteiger partial charge < -0.3 is 9.42 Å². The molecule has 7 heteroatoms. The van der Waals surface area contributed by atoms with E-state index in [4.69, 9.17) is 16.1 Å². The molecule has 2 aromatic rings. The summed E-state index contributed by atoms with van der Waals surface area (Å²) in [5, 5.41) is 4.02. The lowest BCUT2D eigenvalue weighted by Gasteiger charge is -2.16. The molecule has 0 aromatic carbocycles. The average molecular weight is 345 g/mol. The summed E-state index contributed by atoms with van der Waals surface area (Å²) >= 11 is 9.19. The Kier molecular flexibility index (Phi) is 4.21. The van der Waals surface area contributed by atoms with Crippen LogP contribution in [0.3, 0.4) is 0 Å². The average Bonchev–Trinajstić information content (AvgIpc) is 2.77. The highest BCUT2D eigenvalue weighted by Gasteiger charge is 2.17. The van der Waals surface area contributed by atoms with Gasteiger partial charge in [0, 0.05) is 23.8 Å². The second kappa shape index (κ2) is 5.71. The van der Waals surface area contributed by atoms with Crippen LogP contribution in [0.15, 0.2) is 27.3 Å². The SMILES string of the molecule is Cc1cc(CN(C)C(=O)c2cc(Br)cnc2Cl)no1. The molecule has 0 N–H and O–H groups in total. The standard InChI is InChI=1S/C12H11BrClN3O2/c1-7-3-9(16-19-7)6-17(2)12(18)10-4-8(13)5-15-11(10)14/h3-5H,6H2,1-2H3. The van der Waals surface area contributed by atoms with Crippen molar-refractivity contribution in [3.8, 4) is 0 Å². The fraction of sp³-hybridized carbons (Fsp3) is 0.250. The Morgan fingerprint density at radius 3 is 2.89 bits per heavy atom. The van der Waals surface area contributed by atoms with E-state index in [0.29, 0.717) is 28.0 Å². The van der Waals surface area contributed by atoms with Crippen LogP contribution in [0, 0.1) is 6.92 Å². The van der Waals surface area contributed by atoms with Crippen molar-refractivity contribution in [2.45, 2.75) is 13.5 Å². The van der Waals surface area contributed by atoms with Crippen molar-refractivity contribution in [1.29, 1.82) is 0 Å². The molecule has 0 aliphatic carbocycles. The molecule has 0 aliphatic rings. The van der Waals surface area contributed by atoms with Gasteiger partial charge in [0.25, 0.3) is 5.91 Å². The fourth-order valence-corrected chi connectivity index (χ4v) is 2.10. The van der Waals surface area contributed by atoms with E-state index in [2.05, 4.69) is 26.1 Å². The number of carbonyl (C=O) groups excluding carboxylic acids is 1. The van der Waals surface area contributed by atoms with Crippen LogP contribution >= 0.6 is 27.5 Å². The van der Waals surface area contributed by atoms with Crippen molar-refractivity contribution in [3.05, 3.63) is 45.0 Å². The van der Waals surface area contributed by atoms with Crippen molar-refractivity contribution in [2.75, 3.05) is 7.05 Å². The first-order chi connectivity index (χ1) is 8.97. The maximum Gasteiger partial charge on any atom is 0.257 e. The van der Waals surface area contributed by atoms with Crippen LogP contribution in [0.2, 0.25) is 5.15 Å². The van der Waals surface area contributed by atoms with Gasteiger partial charge in [-0.15, -0.1) is 0 Å². The Labute approximate surface area is 123 Å².